The summed E-state index contributed by atoms with van der Waals surface area (Å²) in [4.78, 5) is 9.79. The SMILES string of the molecule is CC(C)(C)c1ccc(-c2ncc(CO)[nH]2)s1. The highest BCUT2D eigenvalue weighted by Crippen LogP contribution is 2.33. The molecular weight excluding hydrogens is 220 g/mol. The highest BCUT2D eigenvalue weighted by Gasteiger charge is 2.17. The van der Waals surface area contributed by atoms with Crippen LogP contribution in [-0.4, -0.2) is 15.1 Å². The fourth-order valence-electron chi connectivity index (χ4n) is 1.43. The maximum atomic E-state index is 8.96. The molecule has 2 N–H and O–H groups in total. The molecule has 0 aliphatic rings. The number of nitrogens with one attached hydrogen (secondary N) is 1. The average molecular weight is 236 g/mol. The Labute approximate surface area is 99.2 Å². The molecule has 0 atom stereocenters. The maximum Gasteiger partial charge on any atom is 0.147 e. The van der Waals surface area contributed by atoms with Gasteiger partial charge >= 0.3 is 0 Å². The highest BCUT2D eigenvalue weighted by atomic mass is 32.1. The first-order valence-corrected chi connectivity index (χ1v) is 6.08. The summed E-state index contributed by atoms with van der Waals surface area (Å²) in [5.41, 5.74) is 0.927. The van der Waals surface area contributed by atoms with Crippen LogP contribution in [0.5, 0.6) is 0 Å². The molecule has 86 valence electrons. The topological polar surface area (TPSA) is 48.9 Å². The van der Waals surface area contributed by atoms with E-state index in [1.807, 2.05) is 0 Å². The summed E-state index contributed by atoms with van der Waals surface area (Å²) in [5.74, 6) is 0.838. The Kier molecular flexibility index (Phi) is 2.86. The molecule has 0 saturated heterocycles. The fraction of sp³-hybridized carbons (Fsp3) is 0.417. The van der Waals surface area contributed by atoms with Gasteiger partial charge in [-0.2, -0.15) is 0 Å². The van der Waals surface area contributed by atoms with Crippen LogP contribution in [0, 0.1) is 0 Å². The first-order chi connectivity index (χ1) is 7.50. The van der Waals surface area contributed by atoms with Gasteiger partial charge in [-0.3, -0.25) is 0 Å². The Bertz CT molecular complexity index is 479. The fourth-order valence-corrected chi connectivity index (χ4v) is 2.45. The van der Waals surface area contributed by atoms with Gasteiger partial charge in [0.15, 0.2) is 0 Å². The summed E-state index contributed by atoms with van der Waals surface area (Å²) in [6.07, 6.45) is 1.67. The second kappa shape index (κ2) is 4.03. The molecule has 0 bridgehead atoms. The van der Waals surface area contributed by atoms with Crippen LogP contribution in [0.15, 0.2) is 18.3 Å². The molecule has 0 aromatic carbocycles. The monoisotopic (exact) mass is 236 g/mol. The third-order valence-electron chi connectivity index (χ3n) is 2.38. The van der Waals surface area contributed by atoms with Crippen LogP contribution in [0.3, 0.4) is 0 Å². The zero-order valence-electron chi connectivity index (χ0n) is 9.74. The summed E-state index contributed by atoms with van der Waals surface area (Å²) < 4.78 is 0. The number of aromatic nitrogens is 2. The first-order valence-electron chi connectivity index (χ1n) is 5.26. The van der Waals surface area contributed by atoms with E-state index in [0.29, 0.717) is 0 Å². The van der Waals surface area contributed by atoms with Gasteiger partial charge in [0.25, 0.3) is 0 Å². The van der Waals surface area contributed by atoms with Crippen LogP contribution in [-0.2, 0) is 12.0 Å². The van der Waals surface area contributed by atoms with E-state index in [-0.39, 0.29) is 12.0 Å². The highest BCUT2D eigenvalue weighted by molar-refractivity contribution is 7.15. The van der Waals surface area contributed by atoms with Crippen LogP contribution in [0.4, 0.5) is 0 Å². The second-order valence-corrected chi connectivity index (χ2v) is 5.91. The molecule has 0 unspecified atom stereocenters. The molecule has 2 rings (SSSR count). The maximum absolute atomic E-state index is 8.96. The molecule has 0 fully saturated rings. The van der Waals surface area contributed by atoms with Crippen molar-refractivity contribution in [3.05, 3.63) is 28.9 Å². The predicted molar refractivity (Wildman–Crippen MR) is 66.5 cm³/mol. The largest absolute Gasteiger partial charge is 0.390 e. The normalized spacial score (nSPS) is 12.0. The Hall–Kier alpha value is -1.13. The van der Waals surface area contributed by atoms with Crippen molar-refractivity contribution in [2.24, 2.45) is 0 Å². The number of thiophene rings is 1. The zero-order valence-corrected chi connectivity index (χ0v) is 10.6. The molecule has 0 aliphatic heterocycles. The van der Waals surface area contributed by atoms with Gasteiger partial charge in [-0.15, -0.1) is 11.3 Å². The third-order valence-corrected chi connectivity index (χ3v) is 3.90. The van der Waals surface area contributed by atoms with Crippen LogP contribution in [0.25, 0.3) is 10.7 Å². The number of H-pyrrole nitrogens is 1. The van der Waals surface area contributed by atoms with Gasteiger partial charge in [-0.1, -0.05) is 20.8 Å². The Morgan fingerprint density at radius 2 is 2.12 bits per heavy atom. The van der Waals surface area contributed by atoms with E-state index < -0.39 is 0 Å². The third kappa shape index (κ3) is 2.18. The van der Waals surface area contributed by atoms with Gasteiger partial charge in [-0.05, 0) is 17.5 Å². The Balaban J connectivity index is 2.31. The van der Waals surface area contributed by atoms with Gasteiger partial charge in [0.2, 0.25) is 0 Å². The first kappa shape index (κ1) is 11.4. The van der Waals surface area contributed by atoms with E-state index in [1.165, 1.54) is 4.88 Å². The average Bonchev–Trinajstić information content (AvgIpc) is 2.85. The molecule has 0 aliphatic carbocycles. The lowest BCUT2D eigenvalue weighted by Crippen LogP contribution is -2.07. The van der Waals surface area contributed by atoms with Gasteiger partial charge in [0.05, 0.1) is 23.4 Å². The van der Waals surface area contributed by atoms with Gasteiger partial charge < -0.3 is 10.1 Å². The van der Waals surface area contributed by atoms with Crippen molar-refractivity contribution in [2.75, 3.05) is 0 Å². The minimum atomic E-state index is 0.00447. The lowest BCUT2D eigenvalue weighted by atomic mass is 9.95. The van der Waals surface area contributed by atoms with E-state index >= 15 is 0 Å². The summed E-state index contributed by atoms with van der Waals surface area (Å²) >= 11 is 1.74. The Morgan fingerprint density at radius 1 is 1.38 bits per heavy atom. The molecular formula is C12H16N2OS. The molecule has 16 heavy (non-hydrogen) atoms. The second-order valence-electron chi connectivity index (χ2n) is 4.83. The van der Waals surface area contributed by atoms with Crippen molar-refractivity contribution in [3.8, 4) is 10.7 Å². The number of aliphatic hydroxyl groups excluding tert-OH is 1. The summed E-state index contributed by atoms with van der Waals surface area (Å²) in [7, 11) is 0. The summed E-state index contributed by atoms with van der Waals surface area (Å²) in [6, 6.07) is 4.21. The standard InChI is InChI=1S/C12H16N2OS/c1-12(2,3)10-5-4-9(16-10)11-13-6-8(7-15)14-11/h4-6,15H,7H2,1-3H3,(H,13,14). The van der Waals surface area contributed by atoms with Crippen LogP contribution in [0.2, 0.25) is 0 Å². The molecule has 2 aromatic heterocycles. The lowest BCUT2D eigenvalue weighted by Gasteiger charge is -2.15. The van der Waals surface area contributed by atoms with E-state index in [4.69, 9.17) is 5.11 Å². The van der Waals surface area contributed by atoms with Gasteiger partial charge in [0, 0.05) is 4.88 Å². The number of rotatable bonds is 2. The van der Waals surface area contributed by atoms with Gasteiger partial charge in [-0.25, -0.2) is 4.98 Å². The van der Waals surface area contributed by atoms with E-state index in [1.54, 1.807) is 17.5 Å². The van der Waals surface area contributed by atoms with Crippen LogP contribution < -0.4 is 0 Å². The minimum Gasteiger partial charge on any atom is -0.390 e. The molecule has 0 radical (unpaired) electrons. The van der Waals surface area contributed by atoms with Crippen molar-refractivity contribution in [2.45, 2.75) is 32.8 Å². The van der Waals surface area contributed by atoms with Crippen LogP contribution in [0.1, 0.15) is 31.3 Å². The number of nitrogens with zero attached hydrogens (tertiary/aromatic N) is 1. The molecule has 3 nitrogen and oxygen atoms in total. The van der Waals surface area contributed by atoms with E-state index in [9.17, 15) is 0 Å². The molecule has 2 aromatic rings. The molecule has 0 amide bonds. The van der Waals surface area contributed by atoms with Crippen LogP contribution >= 0.6 is 11.3 Å². The minimum absolute atomic E-state index is 0.00447. The zero-order chi connectivity index (χ0) is 11.8. The smallest absolute Gasteiger partial charge is 0.147 e. The number of imidazole rings is 1. The van der Waals surface area contributed by atoms with E-state index in [0.717, 1.165) is 16.4 Å². The van der Waals surface area contributed by atoms with Crippen molar-refractivity contribution >= 4 is 11.3 Å². The lowest BCUT2D eigenvalue weighted by molar-refractivity contribution is 0.277. The Morgan fingerprint density at radius 3 is 2.62 bits per heavy atom. The molecule has 0 saturated carbocycles. The summed E-state index contributed by atoms with van der Waals surface area (Å²) in [6.45, 7) is 6.60. The number of aromatic amines is 1. The number of aliphatic hydroxyl groups is 1. The molecule has 2 heterocycles. The number of hydrogen-bond donors (Lipinski definition) is 2. The predicted octanol–water partition coefficient (Wildman–Crippen LogP) is 2.93. The van der Waals surface area contributed by atoms with Crippen molar-refractivity contribution < 1.29 is 5.11 Å². The van der Waals surface area contributed by atoms with Gasteiger partial charge in [0.1, 0.15) is 5.82 Å². The summed E-state index contributed by atoms with van der Waals surface area (Å²) in [5, 5.41) is 8.96. The number of hydrogen-bond acceptors (Lipinski definition) is 3. The van der Waals surface area contributed by atoms with Crippen molar-refractivity contribution in [1.29, 1.82) is 0 Å². The van der Waals surface area contributed by atoms with Crippen molar-refractivity contribution in [1.82, 2.24) is 9.97 Å². The van der Waals surface area contributed by atoms with Crippen molar-refractivity contribution in [3.63, 3.8) is 0 Å². The molecule has 4 heteroatoms. The quantitative estimate of drug-likeness (QED) is 0.842. The molecule has 0 spiro atoms. The van der Waals surface area contributed by atoms with E-state index in [2.05, 4.69) is 42.9 Å².